The van der Waals surface area contributed by atoms with Crippen LogP contribution >= 0.6 is 0 Å². The molecule has 4 rings (SSSR count). The molecule has 1 aromatic carbocycles. The van der Waals surface area contributed by atoms with E-state index < -0.39 is 11.9 Å². The fraction of sp³-hybridized carbons (Fsp3) is 0.421. The van der Waals surface area contributed by atoms with Gasteiger partial charge >= 0.3 is 5.97 Å². The van der Waals surface area contributed by atoms with Crippen LogP contribution in [0.1, 0.15) is 47.4 Å². The van der Waals surface area contributed by atoms with Crippen LogP contribution in [0.4, 0.5) is 4.39 Å². The largest absolute Gasteiger partial charge is 0.481 e. The number of nitrogens with one attached hydrogen (secondary N) is 1. The molecule has 26 heavy (non-hydrogen) atoms. The highest BCUT2D eigenvalue weighted by Gasteiger charge is 2.35. The van der Waals surface area contributed by atoms with Crippen molar-refractivity contribution in [3.63, 3.8) is 0 Å². The summed E-state index contributed by atoms with van der Waals surface area (Å²) in [6.45, 7) is 0. The van der Waals surface area contributed by atoms with Gasteiger partial charge in [0.2, 0.25) is 0 Å². The molecule has 7 heteroatoms. The van der Waals surface area contributed by atoms with Gasteiger partial charge < -0.3 is 10.4 Å². The second kappa shape index (κ2) is 6.55. The topological polar surface area (TPSA) is 84.2 Å². The minimum absolute atomic E-state index is 0.317. The zero-order valence-electron chi connectivity index (χ0n) is 14.2. The maximum Gasteiger partial charge on any atom is 0.308 e. The number of carboxylic acid groups (broad SMARTS) is 1. The number of carboxylic acids is 1. The van der Waals surface area contributed by atoms with E-state index in [1.54, 1.807) is 16.8 Å². The molecule has 1 amide bonds. The fourth-order valence-electron chi connectivity index (χ4n) is 4.08. The van der Waals surface area contributed by atoms with Gasteiger partial charge in [0.15, 0.2) is 5.69 Å². The van der Waals surface area contributed by atoms with Gasteiger partial charge in [-0.05, 0) is 56.4 Å². The third-order valence-electron chi connectivity index (χ3n) is 5.37. The van der Waals surface area contributed by atoms with Crippen LogP contribution in [0.15, 0.2) is 24.3 Å². The molecular weight excluding hydrogens is 337 g/mol. The van der Waals surface area contributed by atoms with E-state index in [-0.39, 0.29) is 17.8 Å². The summed E-state index contributed by atoms with van der Waals surface area (Å²) in [5, 5.41) is 16.6. The molecule has 0 bridgehead atoms. The van der Waals surface area contributed by atoms with Crippen LogP contribution in [0.3, 0.4) is 0 Å². The van der Waals surface area contributed by atoms with Crippen molar-refractivity contribution in [2.75, 3.05) is 0 Å². The monoisotopic (exact) mass is 357 g/mol. The van der Waals surface area contributed by atoms with Crippen molar-refractivity contribution in [2.24, 2.45) is 5.92 Å². The van der Waals surface area contributed by atoms with E-state index in [2.05, 4.69) is 10.4 Å². The van der Waals surface area contributed by atoms with E-state index in [1.165, 1.54) is 12.1 Å². The van der Waals surface area contributed by atoms with Crippen LogP contribution < -0.4 is 5.32 Å². The lowest BCUT2D eigenvalue weighted by Crippen LogP contribution is -2.40. The maximum absolute atomic E-state index is 13.2. The Bertz CT molecular complexity index is 860. The molecule has 1 heterocycles. The Hall–Kier alpha value is -2.70. The lowest BCUT2D eigenvalue weighted by molar-refractivity contribution is -0.142. The smallest absolute Gasteiger partial charge is 0.308 e. The molecule has 136 valence electrons. The number of rotatable bonds is 4. The van der Waals surface area contributed by atoms with Gasteiger partial charge in [0.25, 0.3) is 5.91 Å². The zero-order chi connectivity index (χ0) is 18.3. The molecular formula is C19H20FN3O3. The Morgan fingerprint density at radius 3 is 2.65 bits per heavy atom. The molecule has 2 N–H and O–H groups in total. The number of hydrogen-bond acceptors (Lipinski definition) is 3. The van der Waals surface area contributed by atoms with Gasteiger partial charge in [-0.3, -0.25) is 9.59 Å². The van der Waals surface area contributed by atoms with E-state index in [9.17, 15) is 19.1 Å². The summed E-state index contributed by atoms with van der Waals surface area (Å²) in [7, 11) is 0. The first-order valence-electron chi connectivity index (χ1n) is 8.95. The molecule has 0 aliphatic heterocycles. The maximum atomic E-state index is 13.2. The SMILES string of the molecule is O=C(N[C@H]1CCC[C@H]1C(=O)O)c1nn(-c2ccc(F)cc2)c2c1CCC2. The van der Waals surface area contributed by atoms with Crippen molar-refractivity contribution < 1.29 is 19.1 Å². The Morgan fingerprint density at radius 1 is 1.15 bits per heavy atom. The number of aromatic nitrogens is 2. The highest BCUT2D eigenvalue weighted by Crippen LogP contribution is 2.29. The Balaban J connectivity index is 1.63. The second-order valence-corrected chi connectivity index (χ2v) is 6.97. The Kier molecular flexibility index (Phi) is 4.22. The van der Waals surface area contributed by atoms with Crippen molar-refractivity contribution in [1.29, 1.82) is 0 Å². The quantitative estimate of drug-likeness (QED) is 0.880. The lowest BCUT2D eigenvalue weighted by atomic mass is 10.0. The van der Waals surface area contributed by atoms with Gasteiger partial charge in [0, 0.05) is 17.3 Å². The summed E-state index contributed by atoms with van der Waals surface area (Å²) >= 11 is 0. The first-order chi connectivity index (χ1) is 12.5. The van der Waals surface area contributed by atoms with Crippen LogP contribution in [0.5, 0.6) is 0 Å². The average molecular weight is 357 g/mol. The number of amides is 1. The molecule has 2 aromatic rings. The molecule has 1 fully saturated rings. The summed E-state index contributed by atoms with van der Waals surface area (Å²) in [6, 6.07) is 5.66. The molecule has 0 saturated heterocycles. The van der Waals surface area contributed by atoms with Crippen molar-refractivity contribution in [1.82, 2.24) is 15.1 Å². The first kappa shape index (κ1) is 16.8. The highest BCUT2D eigenvalue weighted by atomic mass is 19.1. The highest BCUT2D eigenvalue weighted by molar-refractivity contribution is 5.95. The third kappa shape index (κ3) is 2.87. The summed E-state index contributed by atoms with van der Waals surface area (Å²) in [5.74, 6) is -2.04. The molecule has 2 aliphatic carbocycles. The van der Waals surface area contributed by atoms with Gasteiger partial charge in [0.05, 0.1) is 11.6 Å². The molecule has 0 unspecified atom stereocenters. The van der Waals surface area contributed by atoms with Crippen LogP contribution in [-0.4, -0.2) is 32.8 Å². The standard InChI is InChI=1S/C19H20FN3O3/c20-11-7-9-12(10-8-11)23-16-6-2-4-14(16)17(22-23)18(24)21-15-5-1-3-13(15)19(25)26/h7-10,13,15H,1-6H2,(H,21,24)(H,25,26)/t13-,15+/m1/s1. The number of nitrogens with zero attached hydrogens (tertiary/aromatic N) is 2. The predicted octanol–water partition coefficient (Wildman–Crippen LogP) is 2.48. The van der Waals surface area contributed by atoms with Gasteiger partial charge in [-0.15, -0.1) is 0 Å². The number of fused-ring (bicyclic) bond motifs is 1. The molecule has 6 nitrogen and oxygen atoms in total. The van der Waals surface area contributed by atoms with Crippen LogP contribution in [0.2, 0.25) is 0 Å². The first-order valence-corrected chi connectivity index (χ1v) is 8.95. The Morgan fingerprint density at radius 2 is 1.92 bits per heavy atom. The van der Waals surface area contributed by atoms with Gasteiger partial charge in [-0.25, -0.2) is 9.07 Å². The van der Waals surface area contributed by atoms with Gasteiger partial charge in [-0.2, -0.15) is 5.10 Å². The normalized spacial score (nSPS) is 21.6. The fourth-order valence-corrected chi connectivity index (χ4v) is 4.08. The van der Waals surface area contributed by atoms with E-state index in [0.29, 0.717) is 24.2 Å². The Labute approximate surface area is 150 Å². The lowest BCUT2D eigenvalue weighted by Gasteiger charge is -2.17. The number of carbonyl (C=O) groups excluding carboxylic acids is 1. The number of halogens is 1. The predicted molar refractivity (Wildman–Crippen MR) is 91.8 cm³/mol. The summed E-state index contributed by atoms with van der Waals surface area (Å²) in [6.07, 6.45) is 4.58. The van der Waals surface area contributed by atoms with E-state index >= 15 is 0 Å². The van der Waals surface area contributed by atoms with E-state index in [0.717, 1.165) is 36.9 Å². The molecule has 1 saturated carbocycles. The van der Waals surface area contributed by atoms with Crippen LogP contribution in [-0.2, 0) is 17.6 Å². The van der Waals surface area contributed by atoms with Crippen molar-refractivity contribution in [3.05, 3.63) is 47.0 Å². The van der Waals surface area contributed by atoms with E-state index in [4.69, 9.17) is 0 Å². The zero-order valence-corrected chi connectivity index (χ0v) is 14.2. The minimum Gasteiger partial charge on any atom is -0.481 e. The number of carbonyl (C=O) groups is 2. The van der Waals surface area contributed by atoms with Gasteiger partial charge in [0.1, 0.15) is 5.82 Å². The number of aliphatic carboxylic acids is 1. The van der Waals surface area contributed by atoms with E-state index in [1.807, 2.05) is 0 Å². The third-order valence-corrected chi connectivity index (χ3v) is 5.37. The van der Waals surface area contributed by atoms with Crippen molar-refractivity contribution in [2.45, 2.75) is 44.6 Å². The molecule has 2 atom stereocenters. The second-order valence-electron chi connectivity index (χ2n) is 6.97. The summed E-state index contributed by atoms with van der Waals surface area (Å²) in [4.78, 5) is 24.1. The molecule has 0 spiro atoms. The molecule has 1 aromatic heterocycles. The number of hydrogen-bond donors (Lipinski definition) is 2. The van der Waals surface area contributed by atoms with Crippen molar-refractivity contribution in [3.8, 4) is 5.69 Å². The van der Waals surface area contributed by atoms with Crippen LogP contribution in [0, 0.1) is 11.7 Å². The minimum atomic E-state index is -0.866. The summed E-state index contributed by atoms with van der Waals surface area (Å²) < 4.78 is 14.9. The molecule has 0 radical (unpaired) electrons. The van der Waals surface area contributed by atoms with Crippen molar-refractivity contribution >= 4 is 11.9 Å². The number of benzene rings is 1. The summed E-state index contributed by atoms with van der Waals surface area (Å²) in [5.41, 5.74) is 2.96. The van der Waals surface area contributed by atoms with Crippen LogP contribution in [0.25, 0.3) is 5.69 Å². The average Bonchev–Trinajstić information content (AvgIpc) is 3.31. The van der Waals surface area contributed by atoms with Gasteiger partial charge in [-0.1, -0.05) is 6.42 Å². The molecule has 2 aliphatic rings.